The number of hydrogen-bond donors (Lipinski definition) is 1. The van der Waals surface area contributed by atoms with Crippen LogP contribution in [0.1, 0.15) is 33.1 Å². The van der Waals surface area contributed by atoms with Gasteiger partial charge in [0.1, 0.15) is 5.15 Å². The Kier molecular flexibility index (Phi) is 3.24. The molecule has 2 atom stereocenters. The van der Waals surface area contributed by atoms with E-state index < -0.39 is 0 Å². The number of anilines is 2. The number of halogens is 1. The SMILES string of the molecule is CCC1CCC(C)N1c1nc(Cl)ccc1N. The second-order valence-electron chi connectivity index (χ2n) is 4.44. The van der Waals surface area contributed by atoms with Crippen LogP contribution >= 0.6 is 11.6 Å². The van der Waals surface area contributed by atoms with Crippen LogP contribution in [-0.4, -0.2) is 17.1 Å². The maximum Gasteiger partial charge on any atom is 0.154 e. The molecule has 0 aromatic carbocycles. The van der Waals surface area contributed by atoms with E-state index in [2.05, 4.69) is 23.7 Å². The molecule has 1 saturated heterocycles. The summed E-state index contributed by atoms with van der Waals surface area (Å²) in [5.41, 5.74) is 6.70. The van der Waals surface area contributed by atoms with Crippen molar-refractivity contribution in [1.29, 1.82) is 0 Å². The van der Waals surface area contributed by atoms with E-state index in [4.69, 9.17) is 17.3 Å². The highest BCUT2D eigenvalue weighted by Gasteiger charge is 2.31. The Morgan fingerprint density at radius 2 is 2.25 bits per heavy atom. The molecule has 0 amide bonds. The van der Waals surface area contributed by atoms with Gasteiger partial charge in [0.15, 0.2) is 5.82 Å². The van der Waals surface area contributed by atoms with Gasteiger partial charge in [-0.05, 0) is 38.3 Å². The molecule has 2 heterocycles. The number of nitrogens with zero attached hydrogens (tertiary/aromatic N) is 2. The zero-order valence-corrected chi connectivity index (χ0v) is 10.5. The molecule has 0 spiro atoms. The van der Waals surface area contributed by atoms with E-state index in [9.17, 15) is 0 Å². The second kappa shape index (κ2) is 4.50. The second-order valence-corrected chi connectivity index (χ2v) is 4.83. The molecule has 2 N–H and O–H groups in total. The molecule has 0 radical (unpaired) electrons. The monoisotopic (exact) mass is 239 g/mol. The van der Waals surface area contributed by atoms with Crippen molar-refractivity contribution in [3.63, 3.8) is 0 Å². The summed E-state index contributed by atoms with van der Waals surface area (Å²) in [7, 11) is 0. The molecule has 1 aromatic rings. The van der Waals surface area contributed by atoms with E-state index in [1.165, 1.54) is 12.8 Å². The molecular weight excluding hydrogens is 222 g/mol. The summed E-state index contributed by atoms with van der Waals surface area (Å²) in [5, 5.41) is 0.512. The van der Waals surface area contributed by atoms with Gasteiger partial charge in [-0.3, -0.25) is 0 Å². The van der Waals surface area contributed by atoms with Crippen LogP contribution in [0.5, 0.6) is 0 Å². The molecule has 3 nitrogen and oxygen atoms in total. The number of aromatic nitrogens is 1. The predicted octanol–water partition coefficient (Wildman–Crippen LogP) is 3.08. The summed E-state index contributed by atoms with van der Waals surface area (Å²) in [4.78, 5) is 6.69. The molecule has 16 heavy (non-hydrogen) atoms. The van der Waals surface area contributed by atoms with Gasteiger partial charge in [-0.1, -0.05) is 18.5 Å². The van der Waals surface area contributed by atoms with Crippen molar-refractivity contribution >= 4 is 23.1 Å². The fourth-order valence-corrected chi connectivity index (χ4v) is 2.64. The molecule has 1 fully saturated rings. The number of pyridine rings is 1. The first kappa shape index (κ1) is 11.5. The van der Waals surface area contributed by atoms with Crippen molar-refractivity contribution in [2.45, 2.75) is 45.2 Å². The van der Waals surface area contributed by atoms with Gasteiger partial charge in [0.2, 0.25) is 0 Å². The minimum Gasteiger partial charge on any atom is -0.396 e. The van der Waals surface area contributed by atoms with Crippen LogP contribution in [0, 0.1) is 0 Å². The lowest BCUT2D eigenvalue weighted by molar-refractivity contribution is 0.622. The smallest absolute Gasteiger partial charge is 0.154 e. The standard InChI is InChI=1S/C12H18ClN3/c1-3-9-5-4-8(2)16(9)12-10(14)6-7-11(13)15-12/h6-9H,3-5,14H2,1-2H3. The summed E-state index contributed by atoms with van der Waals surface area (Å²) < 4.78 is 0. The van der Waals surface area contributed by atoms with Gasteiger partial charge >= 0.3 is 0 Å². The van der Waals surface area contributed by atoms with Gasteiger partial charge in [-0.25, -0.2) is 4.98 Å². The lowest BCUT2D eigenvalue weighted by Crippen LogP contribution is -2.35. The Labute approximate surface area is 102 Å². The van der Waals surface area contributed by atoms with Gasteiger partial charge in [0.25, 0.3) is 0 Å². The Balaban J connectivity index is 2.37. The highest BCUT2D eigenvalue weighted by atomic mass is 35.5. The van der Waals surface area contributed by atoms with Crippen molar-refractivity contribution < 1.29 is 0 Å². The fraction of sp³-hybridized carbons (Fsp3) is 0.583. The molecule has 1 aliphatic heterocycles. The average Bonchev–Trinajstić information content (AvgIpc) is 2.63. The van der Waals surface area contributed by atoms with Gasteiger partial charge in [0, 0.05) is 12.1 Å². The number of nitrogens with two attached hydrogens (primary N) is 1. The summed E-state index contributed by atoms with van der Waals surface area (Å²) in [6.45, 7) is 4.42. The van der Waals surface area contributed by atoms with Crippen LogP contribution in [0.2, 0.25) is 5.15 Å². The quantitative estimate of drug-likeness (QED) is 0.807. The highest BCUT2D eigenvalue weighted by molar-refractivity contribution is 6.29. The third-order valence-electron chi connectivity index (χ3n) is 3.37. The topological polar surface area (TPSA) is 42.2 Å². The van der Waals surface area contributed by atoms with Crippen LogP contribution in [0.4, 0.5) is 11.5 Å². The first-order valence-corrected chi connectivity index (χ1v) is 6.21. The largest absolute Gasteiger partial charge is 0.396 e. The summed E-state index contributed by atoms with van der Waals surface area (Å²) >= 11 is 5.94. The zero-order valence-electron chi connectivity index (χ0n) is 9.78. The minimum absolute atomic E-state index is 0.498. The Morgan fingerprint density at radius 1 is 1.50 bits per heavy atom. The molecule has 1 aliphatic rings. The van der Waals surface area contributed by atoms with E-state index in [1.807, 2.05) is 6.07 Å². The van der Waals surface area contributed by atoms with Gasteiger partial charge in [0.05, 0.1) is 5.69 Å². The number of nitrogen functional groups attached to an aromatic ring is 1. The minimum atomic E-state index is 0.498. The van der Waals surface area contributed by atoms with E-state index in [0.29, 0.717) is 17.2 Å². The molecule has 0 bridgehead atoms. The molecule has 2 unspecified atom stereocenters. The third-order valence-corrected chi connectivity index (χ3v) is 3.58. The molecular formula is C12H18ClN3. The predicted molar refractivity (Wildman–Crippen MR) is 68.9 cm³/mol. The first-order valence-electron chi connectivity index (χ1n) is 5.83. The lowest BCUT2D eigenvalue weighted by Gasteiger charge is -2.30. The van der Waals surface area contributed by atoms with Crippen LogP contribution < -0.4 is 10.6 Å². The number of hydrogen-bond acceptors (Lipinski definition) is 3. The van der Waals surface area contributed by atoms with Crippen molar-refractivity contribution in [3.8, 4) is 0 Å². The molecule has 0 aliphatic carbocycles. The van der Waals surface area contributed by atoms with E-state index in [0.717, 1.165) is 17.9 Å². The van der Waals surface area contributed by atoms with E-state index in [1.54, 1.807) is 6.07 Å². The van der Waals surface area contributed by atoms with Crippen LogP contribution in [0.3, 0.4) is 0 Å². The van der Waals surface area contributed by atoms with Gasteiger partial charge < -0.3 is 10.6 Å². The van der Waals surface area contributed by atoms with Crippen molar-refractivity contribution in [2.24, 2.45) is 0 Å². The summed E-state index contributed by atoms with van der Waals surface area (Å²) in [6, 6.07) is 4.62. The average molecular weight is 240 g/mol. The Bertz CT molecular complexity index is 381. The molecule has 4 heteroatoms. The molecule has 2 rings (SSSR count). The van der Waals surface area contributed by atoms with Crippen LogP contribution in [0.25, 0.3) is 0 Å². The lowest BCUT2D eigenvalue weighted by atomic mass is 10.1. The zero-order chi connectivity index (χ0) is 11.7. The molecule has 0 saturated carbocycles. The van der Waals surface area contributed by atoms with Crippen molar-refractivity contribution in [2.75, 3.05) is 10.6 Å². The van der Waals surface area contributed by atoms with Crippen LogP contribution in [0.15, 0.2) is 12.1 Å². The summed E-state index contributed by atoms with van der Waals surface area (Å²) in [5.74, 6) is 0.851. The molecule has 1 aromatic heterocycles. The van der Waals surface area contributed by atoms with Crippen LogP contribution in [-0.2, 0) is 0 Å². The van der Waals surface area contributed by atoms with Crippen molar-refractivity contribution in [1.82, 2.24) is 4.98 Å². The maximum atomic E-state index is 5.99. The van der Waals surface area contributed by atoms with Gasteiger partial charge in [-0.2, -0.15) is 0 Å². The maximum absolute atomic E-state index is 5.99. The van der Waals surface area contributed by atoms with E-state index in [-0.39, 0.29) is 0 Å². The normalized spacial score (nSPS) is 25.1. The third kappa shape index (κ3) is 1.96. The fourth-order valence-electron chi connectivity index (χ4n) is 2.50. The first-order chi connectivity index (χ1) is 7.63. The van der Waals surface area contributed by atoms with E-state index >= 15 is 0 Å². The summed E-state index contributed by atoms with van der Waals surface area (Å²) in [6.07, 6.45) is 3.54. The Morgan fingerprint density at radius 3 is 2.94 bits per heavy atom. The highest BCUT2D eigenvalue weighted by Crippen LogP contribution is 2.34. The molecule has 88 valence electrons. The number of rotatable bonds is 2. The van der Waals surface area contributed by atoms with Crippen molar-refractivity contribution in [3.05, 3.63) is 17.3 Å². The van der Waals surface area contributed by atoms with Gasteiger partial charge in [-0.15, -0.1) is 0 Å². The Hall–Kier alpha value is -0.960.